The average molecular weight is 298 g/mol. The van der Waals surface area contributed by atoms with E-state index < -0.39 is 0 Å². The number of aromatic nitrogens is 1. The Labute approximate surface area is 129 Å². The highest BCUT2D eigenvalue weighted by atomic mass is 16.5. The van der Waals surface area contributed by atoms with Crippen LogP contribution in [0.4, 0.5) is 5.69 Å². The molecule has 0 aliphatic carbocycles. The van der Waals surface area contributed by atoms with E-state index in [2.05, 4.69) is 10.3 Å². The number of pyridine rings is 1. The van der Waals surface area contributed by atoms with E-state index in [-0.39, 0.29) is 11.9 Å². The molecule has 2 rings (SSSR count). The lowest BCUT2D eigenvalue weighted by molar-refractivity contribution is 0.0499. The van der Waals surface area contributed by atoms with Crippen LogP contribution >= 0.6 is 0 Å². The molecule has 5 nitrogen and oxygen atoms in total. The molecule has 22 heavy (non-hydrogen) atoms. The molecule has 0 saturated carbocycles. The van der Waals surface area contributed by atoms with Crippen molar-refractivity contribution in [3.05, 3.63) is 59.9 Å². The van der Waals surface area contributed by atoms with Crippen LogP contribution in [-0.2, 0) is 4.74 Å². The monoisotopic (exact) mass is 298 g/mol. The molecule has 1 aromatic carbocycles. The van der Waals surface area contributed by atoms with Crippen LogP contribution < -0.4 is 5.32 Å². The molecular formula is C17H18N2O3. The second-order valence-electron chi connectivity index (χ2n) is 4.76. The number of hydrogen-bond donors (Lipinski definition) is 1. The van der Waals surface area contributed by atoms with Crippen molar-refractivity contribution in [2.75, 3.05) is 11.9 Å². The van der Waals surface area contributed by atoms with E-state index in [4.69, 9.17) is 4.74 Å². The third-order valence-electron chi connectivity index (χ3n) is 3.03. The molecule has 114 valence electrons. The van der Waals surface area contributed by atoms with Crippen LogP contribution in [-0.4, -0.2) is 23.5 Å². The average Bonchev–Trinajstić information content (AvgIpc) is 2.56. The minimum atomic E-state index is -0.349. The van der Waals surface area contributed by atoms with Gasteiger partial charge in [-0.3, -0.25) is 9.78 Å². The van der Waals surface area contributed by atoms with E-state index in [9.17, 15) is 9.59 Å². The molecular weight excluding hydrogens is 280 g/mol. The summed E-state index contributed by atoms with van der Waals surface area (Å²) < 4.78 is 5.12. The number of unbranched alkanes of at least 4 members (excludes halogenated alkanes) is 1. The molecule has 5 heteroatoms. The smallest absolute Gasteiger partial charge is 0.338 e. The topological polar surface area (TPSA) is 68.3 Å². The third kappa shape index (κ3) is 4.41. The van der Waals surface area contributed by atoms with Gasteiger partial charge in [-0.05, 0) is 42.8 Å². The number of nitrogens with zero attached hydrogens (tertiary/aromatic N) is 1. The van der Waals surface area contributed by atoms with Crippen molar-refractivity contribution < 1.29 is 14.3 Å². The summed E-state index contributed by atoms with van der Waals surface area (Å²) in [6, 6.07) is 9.99. The van der Waals surface area contributed by atoms with E-state index in [1.165, 1.54) is 6.20 Å². The summed E-state index contributed by atoms with van der Waals surface area (Å²) in [5.41, 5.74) is 1.56. The number of hydrogen-bond acceptors (Lipinski definition) is 4. The van der Waals surface area contributed by atoms with Gasteiger partial charge in [-0.15, -0.1) is 0 Å². The lowest BCUT2D eigenvalue weighted by Gasteiger charge is -2.07. The SMILES string of the molecule is CCCCOC(=O)c1ccc(NC(=O)c2cccnc2)cc1. The lowest BCUT2D eigenvalue weighted by atomic mass is 10.2. The highest BCUT2D eigenvalue weighted by Gasteiger charge is 2.08. The number of nitrogens with one attached hydrogen (secondary N) is 1. The van der Waals surface area contributed by atoms with Crippen LogP contribution in [0, 0.1) is 0 Å². The number of benzene rings is 1. The summed E-state index contributed by atoms with van der Waals surface area (Å²) in [5, 5.41) is 2.75. The van der Waals surface area contributed by atoms with Crippen LogP contribution in [0.15, 0.2) is 48.8 Å². The number of anilines is 1. The first-order chi connectivity index (χ1) is 10.7. The molecule has 1 amide bonds. The zero-order chi connectivity index (χ0) is 15.8. The summed E-state index contributed by atoms with van der Waals surface area (Å²) in [7, 11) is 0. The lowest BCUT2D eigenvalue weighted by Crippen LogP contribution is -2.12. The summed E-state index contributed by atoms with van der Waals surface area (Å²) in [6.45, 7) is 2.46. The molecule has 0 aliphatic heterocycles. The quantitative estimate of drug-likeness (QED) is 0.656. The zero-order valence-corrected chi connectivity index (χ0v) is 12.4. The van der Waals surface area contributed by atoms with Gasteiger partial charge in [0.05, 0.1) is 17.7 Å². The van der Waals surface area contributed by atoms with Crippen molar-refractivity contribution in [2.45, 2.75) is 19.8 Å². The summed E-state index contributed by atoms with van der Waals surface area (Å²) >= 11 is 0. The van der Waals surface area contributed by atoms with Gasteiger partial charge in [0.1, 0.15) is 0 Å². The number of amides is 1. The molecule has 0 bridgehead atoms. The zero-order valence-electron chi connectivity index (χ0n) is 12.4. The minimum absolute atomic E-state index is 0.244. The van der Waals surface area contributed by atoms with Crippen LogP contribution in [0.5, 0.6) is 0 Å². The van der Waals surface area contributed by atoms with Gasteiger partial charge >= 0.3 is 5.97 Å². The van der Waals surface area contributed by atoms with Gasteiger partial charge in [-0.25, -0.2) is 4.79 Å². The van der Waals surface area contributed by atoms with Gasteiger partial charge in [-0.2, -0.15) is 0 Å². The number of ether oxygens (including phenoxy) is 1. The molecule has 1 heterocycles. The first kappa shape index (κ1) is 15.7. The first-order valence-corrected chi connectivity index (χ1v) is 7.19. The molecule has 0 aliphatic rings. The van der Waals surface area contributed by atoms with Gasteiger partial charge in [0, 0.05) is 18.1 Å². The second kappa shape index (κ2) is 7.93. The Morgan fingerprint density at radius 3 is 2.55 bits per heavy atom. The molecule has 0 atom stereocenters. The Kier molecular flexibility index (Phi) is 5.65. The Hall–Kier alpha value is -2.69. The van der Waals surface area contributed by atoms with Crippen LogP contribution in [0.25, 0.3) is 0 Å². The third-order valence-corrected chi connectivity index (χ3v) is 3.03. The maximum absolute atomic E-state index is 12.0. The molecule has 2 aromatic rings. The normalized spacial score (nSPS) is 10.0. The van der Waals surface area contributed by atoms with Crippen LogP contribution in [0.3, 0.4) is 0 Å². The molecule has 0 unspecified atom stereocenters. The molecule has 0 fully saturated rings. The van der Waals surface area contributed by atoms with E-state index in [1.807, 2.05) is 6.92 Å². The summed E-state index contributed by atoms with van der Waals surface area (Å²) in [6.07, 6.45) is 4.93. The first-order valence-electron chi connectivity index (χ1n) is 7.19. The Balaban J connectivity index is 1.94. The predicted molar refractivity (Wildman–Crippen MR) is 83.8 cm³/mol. The molecule has 0 radical (unpaired) electrons. The maximum atomic E-state index is 12.0. The fourth-order valence-corrected chi connectivity index (χ4v) is 1.78. The fourth-order valence-electron chi connectivity index (χ4n) is 1.78. The summed E-state index contributed by atoms with van der Waals surface area (Å²) in [5.74, 6) is -0.593. The molecule has 0 saturated heterocycles. The minimum Gasteiger partial charge on any atom is -0.462 e. The van der Waals surface area contributed by atoms with E-state index >= 15 is 0 Å². The Morgan fingerprint density at radius 2 is 1.91 bits per heavy atom. The molecule has 0 spiro atoms. The van der Waals surface area contributed by atoms with Crippen molar-refractivity contribution >= 4 is 17.6 Å². The van der Waals surface area contributed by atoms with Crippen molar-refractivity contribution in [3.63, 3.8) is 0 Å². The van der Waals surface area contributed by atoms with Gasteiger partial charge in [0.25, 0.3) is 5.91 Å². The highest BCUT2D eigenvalue weighted by Crippen LogP contribution is 2.12. The molecule has 1 aromatic heterocycles. The predicted octanol–water partition coefficient (Wildman–Crippen LogP) is 3.29. The standard InChI is InChI=1S/C17H18N2O3/c1-2-3-11-22-17(21)13-6-8-15(9-7-13)19-16(20)14-5-4-10-18-12-14/h4-10,12H,2-3,11H2,1H3,(H,19,20). The van der Waals surface area contributed by atoms with Crippen molar-refractivity contribution in [1.29, 1.82) is 0 Å². The van der Waals surface area contributed by atoms with Crippen LogP contribution in [0.1, 0.15) is 40.5 Å². The van der Waals surface area contributed by atoms with E-state index in [0.717, 1.165) is 12.8 Å². The van der Waals surface area contributed by atoms with Gasteiger partial charge in [0.2, 0.25) is 0 Å². The van der Waals surface area contributed by atoms with Gasteiger partial charge < -0.3 is 10.1 Å². The highest BCUT2D eigenvalue weighted by molar-refractivity contribution is 6.04. The van der Waals surface area contributed by atoms with Crippen molar-refractivity contribution in [3.8, 4) is 0 Å². The Morgan fingerprint density at radius 1 is 1.14 bits per heavy atom. The maximum Gasteiger partial charge on any atom is 0.338 e. The van der Waals surface area contributed by atoms with Crippen molar-refractivity contribution in [1.82, 2.24) is 4.98 Å². The number of rotatable bonds is 6. The number of carbonyl (C=O) groups is 2. The second-order valence-corrected chi connectivity index (χ2v) is 4.76. The largest absolute Gasteiger partial charge is 0.462 e. The molecule has 1 N–H and O–H groups in total. The fraction of sp³-hybridized carbons (Fsp3) is 0.235. The number of esters is 1. The van der Waals surface area contributed by atoms with Gasteiger partial charge in [0.15, 0.2) is 0 Å². The van der Waals surface area contributed by atoms with Crippen LogP contribution in [0.2, 0.25) is 0 Å². The summed E-state index contributed by atoms with van der Waals surface area (Å²) in [4.78, 5) is 27.6. The van der Waals surface area contributed by atoms with Crippen molar-refractivity contribution in [2.24, 2.45) is 0 Å². The van der Waals surface area contributed by atoms with E-state index in [1.54, 1.807) is 42.6 Å². The van der Waals surface area contributed by atoms with E-state index in [0.29, 0.717) is 23.4 Å². The van der Waals surface area contributed by atoms with Gasteiger partial charge in [-0.1, -0.05) is 13.3 Å². The Bertz CT molecular complexity index is 624. The number of carbonyl (C=O) groups excluding carboxylic acids is 2.